The third kappa shape index (κ3) is 4.32. The highest BCUT2D eigenvalue weighted by Crippen LogP contribution is 2.20. The number of rotatable bonds is 6. The normalized spacial score (nSPS) is 14.9. The molecule has 1 saturated heterocycles. The van der Waals surface area contributed by atoms with Crippen molar-refractivity contribution < 1.29 is 4.79 Å². The second-order valence-corrected chi connectivity index (χ2v) is 8.65. The van der Waals surface area contributed by atoms with Crippen LogP contribution in [0.4, 0.5) is 0 Å². The molecule has 0 spiro atoms. The van der Waals surface area contributed by atoms with Crippen molar-refractivity contribution in [2.24, 2.45) is 7.05 Å². The van der Waals surface area contributed by atoms with Crippen LogP contribution >= 0.6 is 0 Å². The lowest BCUT2D eigenvalue weighted by Gasteiger charge is -2.34. The number of piperazine rings is 1. The van der Waals surface area contributed by atoms with Gasteiger partial charge in [-0.1, -0.05) is 24.6 Å². The van der Waals surface area contributed by atoms with E-state index in [4.69, 9.17) is 0 Å². The van der Waals surface area contributed by atoms with Crippen LogP contribution < -0.4 is 5.56 Å². The standard InChI is InChI=1S/C24H32N6O2/c1-5-12-28-13-15-29(16-14-28)21(31)11-10-20-24(32)27(4)23-22(25-20)18(3)26-30(23)19-8-6-17(2)7-9-19/h6-9H,5,10-16H2,1-4H3. The molecular weight excluding hydrogens is 404 g/mol. The van der Waals surface area contributed by atoms with E-state index in [1.807, 2.05) is 43.0 Å². The number of benzene rings is 1. The smallest absolute Gasteiger partial charge is 0.273 e. The van der Waals surface area contributed by atoms with Crippen LogP contribution in [0.15, 0.2) is 29.1 Å². The number of hydrogen-bond acceptors (Lipinski definition) is 5. The largest absolute Gasteiger partial charge is 0.340 e. The molecule has 1 aromatic carbocycles. The van der Waals surface area contributed by atoms with Crippen LogP contribution in [0.25, 0.3) is 16.9 Å². The third-order valence-corrected chi connectivity index (χ3v) is 6.24. The van der Waals surface area contributed by atoms with Gasteiger partial charge in [0.25, 0.3) is 5.56 Å². The minimum Gasteiger partial charge on any atom is -0.340 e. The molecule has 1 aliphatic rings. The van der Waals surface area contributed by atoms with E-state index in [-0.39, 0.29) is 11.5 Å². The van der Waals surface area contributed by atoms with Crippen LogP contribution in [0.3, 0.4) is 0 Å². The van der Waals surface area contributed by atoms with Crippen LogP contribution in [0, 0.1) is 13.8 Å². The van der Waals surface area contributed by atoms with E-state index in [1.54, 1.807) is 16.3 Å². The molecule has 0 N–H and O–H groups in total. The summed E-state index contributed by atoms with van der Waals surface area (Å²) < 4.78 is 3.37. The van der Waals surface area contributed by atoms with E-state index in [0.717, 1.165) is 56.1 Å². The molecule has 8 heteroatoms. The topological polar surface area (TPSA) is 76.3 Å². The molecule has 0 atom stereocenters. The van der Waals surface area contributed by atoms with Crippen LogP contribution in [0.5, 0.6) is 0 Å². The quantitative estimate of drug-likeness (QED) is 0.592. The molecule has 2 aromatic heterocycles. The molecule has 8 nitrogen and oxygen atoms in total. The van der Waals surface area contributed by atoms with E-state index in [2.05, 4.69) is 21.9 Å². The summed E-state index contributed by atoms with van der Waals surface area (Å²) in [4.78, 5) is 34.8. The van der Waals surface area contributed by atoms with E-state index >= 15 is 0 Å². The Bertz CT molecular complexity index is 1170. The molecule has 3 heterocycles. The minimum atomic E-state index is -0.175. The van der Waals surface area contributed by atoms with Gasteiger partial charge in [-0.25, -0.2) is 9.67 Å². The highest BCUT2D eigenvalue weighted by atomic mass is 16.2. The average molecular weight is 437 g/mol. The van der Waals surface area contributed by atoms with Crippen LogP contribution in [0.2, 0.25) is 0 Å². The molecule has 32 heavy (non-hydrogen) atoms. The monoisotopic (exact) mass is 436 g/mol. The number of carbonyl (C=O) groups excluding carboxylic acids is 1. The number of aryl methyl sites for hydroxylation is 4. The van der Waals surface area contributed by atoms with Gasteiger partial charge in [0.2, 0.25) is 5.91 Å². The Hall–Kier alpha value is -3.00. The van der Waals surface area contributed by atoms with Crippen molar-refractivity contribution in [3.63, 3.8) is 0 Å². The minimum absolute atomic E-state index is 0.0946. The summed E-state index contributed by atoms with van der Waals surface area (Å²) in [5, 5.41) is 4.64. The number of carbonyl (C=O) groups is 1. The summed E-state index contributed by atoms with van der Waals surface area (Å²) >= 11 is 0. The Morgan fingerprint density at radius 3 is 2.41 bits per heavy atom. The van der Waals surface area contributed by atoms with Crippen molar-refractivity contribution in [1.82, 2.24) is 29.1 Å². The molecule has 0 saturated carbocycles. The Morgan fingerprint density at radius 2 is 1.75 bits per heavy atom. The van der Waals surface area contributed by atoms with E-state index < -0.39 is 0 Å². The van der Waals surface area contributed by atoms with Crippen molar-refractivity contribution in [3.05, 3.63) is 51.6 Å². The van der Waals surface area contributed by atoms with Crippen LogP contribution in [0.1, 0.15) is 36.7 Å². The lowest BCUT2D eigenvalue weighted by atomic mass is 10.2. The van der Waals surface area contributed by atoms with Crippen molar-refractivity contribution in [2.45, 2.75) is 40.0 Å². The fourth-order valence-electron chi connectivity index (χ4n) is 4.36. The molecule has 170 valence electrons. The lowest BCUT2D eigenvalue weighted by Crippen LogP contribution is -2.48. The van der Waals surface area contributed by atoms with E-state index in [9.17, 15) is 9.59 Å². The molecule has 0 aliphatic carbocycles. The third-order valence-electron chi connectivity index (χ3n) is 6.24. The molecule has 4 rings (SSSR count). The zero-order valence-electron chi connectivity index (χ0n) is 19.5. The van der Waals surface area contributed by atoms with Gasteiger partial charge in [-0.3, -0.25) is 19.1 Å². The predicted molar refractivity (Wildman–Crippen MR) is 125 cm³/mol. The van der Waals surface area contributed by atoms with Gasteiger partial charge in [0.1, 0.15) is 11.2 Å². The molecule has 3 aromatic rings. The van der Waals surface area contributed by atoms with E-state index in [1.165, 1.54) is 0 Å². The summed E-state index contributed by atoms with van der Waals surface area (Å²) in [7, 11) is 1.75. The van der Waals surface area contributed by atoms with Gasteiger partial charge < -0.3 is 4.90 Å². The molecule has 0 radical (unpaired) electrons. The maximum atomic E-state index is 13.1. The molecule has 0 bridgehead atoms. The summed E-state index contributed by atoms with van der Waals surface area (Å²) in [5.41, 5.74) is 4.41. The highest BCUT2D eigenvalue weighted by Gasteiger charge is 2.22. The van der Waals surface area contributed by atoms with Gasteiger partial charge in [0, 0.05) is 46.1 Å². The first-order chi connectivity index (χ1) is 15.4. The maximum absolute atomic E-state index is 13.1. The molecule has 1 aliphatic heterocycles. The van der Waals surface area contributed by atoms with Crippen molar-refractivity contribution in [1.29, 1.82) is 0 Å². The van der Waals surface area contributed by atoms with Gasteiger partial charge in [-0.05, 0) is 38.9 Å². The predicted octanol–water partition coefficient (Wildman–Crippen LogP) is 2.22. The van der Waals surface area contributed by atoms with Gasteiger partial charge >= 0.3 is 0 Å². The van der Waals surface area contributed by atoms with Crippen molar-refractivity contribution in [3.8, 4) is 5.69 Å². The molecule has 0 unspecified atom stereocenters. The van der Waals surface area contributed by atoms with Crippen molar-refractivity contribution in [2.75, 3.05) is 32.7 Å². The van der Waals surface area contributed by atoms with Crippen LogP contribution in [-0.4, -0.2) is 67.8 Å². The Balaban J connectivity index is 1.54. The number of fused-ring (bicyclic) bond motifs is 1. The molecular formula is C24H32N6O2. The Morgan fingerprint density at radius 1 is 1.06 bits per heavy atom. The Labute approximate surface area is 188 Å². The second kappa shape index (κ2) is 9.24. The maximum Gasteiger partial charge on any atom is 0.273 e. The van der Waals surface area contributed by atoms with Crippen LogP contribution in [-0.2, 0) is 18.3 Å². The first kappa shape index (κ1) is 22.2. The molecule has 1 fully saturated rings. The lowest BCUT2D eigenvalue weighted by molar-refractivity contribution is -0.132. The van der Waals surface area contributed by atoms with Crippen molar-refractivity contribution >= 4 is 17.1 Å². The summed E-state index contributed by atoms with van der Waals surface area (Å²) in [6.07, 6.45) is 1.77. The Kier molecular flexibility index (Phi) is 6.41. The number of aromatic nitrogens is 4. The average Bonchev–Trinajstić information content (AvgIpc) is 3.12. The fourth-order valence-corrected chi connectivity index (χ4v) is 4.36. The van der Waals surface area contributed by atoms with Gasteiger partial charge in [0.15, 0.2) is 5.65 Å². The first-order valence-electron chi connectivity index (χ1n) is 11.4. The number of amides is 1. The fraction of sp³-hybridized carbons (Fsp3) is 0.500. The zero-order valence-corrected chi connectivity index (χ0v) is 19.5. The summed E-state index contributed by atoms with van der Waals surface area (Å²) in [6, 6.07) is 8.01. The number of nitrogens with zero attached hydrogens (tertiary/aromatic N) is 6. The summed E-state index contributed by atoms with van der Waals surface area (Å²) in [5.74, 6) is 0.0946. The second-order valence-electron chi connectivity index (χ2n) is 8.65. The van der Waals surface area contributed by atoms with Gasteiger partial charge in [-0.15, -0.1) is 0 Å². The number of hydrogen-bond donors (Lipinski definition) is 0. The highest BCUT2D eigenvalue weighted by molar-refractivity contribution is 5.77. The summed E-state index contributed by atoms with van der Waals surface area (Å²) in [6.45, 7) is 10.5. The van der Waals surface area contributed by atoms with Gasteiger partial charge in [-0.2, -0.15) is 5.10 Å². The zero-order chi connectivity index (χ0) is 22.8. The van der Waals surface area contributed by atoms with E-state index in [0.29, 0.717) is 29.7 Å². The first-order valence-corrected chi connectivity index (χ1v) is 11.4. The SMILES string of the molecule is CCCN1CCN(C(=O)CCc2nc3c(C)nn(-c4ccc(C)cc4)c3n(C)c2=O)CC1. The van der Waals surface area contributed by atoms with Gasteiger partial charge in [0.05, 0.1) is 11.4 Å². The molecule has 1 amide bonds.